The molecule has 0 spiro atoms. The van der Waals surface area contributed by atoms with E-state index < -0.39 is 18.2 Å². The molecule has 1 saturated heterocycles. The Labute approximate surface area is 145 Å². The molecule has 1 aliphatic carbocycles. The van der Waals surface area contributed by atoms with Gasteiger partial charge in [0.2, 0.25) is 0 Å². The zero-order valence-corrected chi connectivity index (χ0v) is 13.9. The van der Waals surface area contributed by atoms with Gasteiger partial charge in [0.15, 0.2) is 6.10 Å². The molecular formula is C18H22N2O5. The minimum Gasteiger partial charge on any atom is -0.479 e. The van der Waals surface area contributed by atoms with Gasteiger partial charge in [-0.3, -0.25) is 9.59 Å². The summed E-state index contributed by atoms with van der Waals surface area (Å²) in [7, 11) is 0. The summed E-state index contributed by atoms with van der Waals surface area (Å²) in [6.45, 7) is 0. The average Bonchev–Trinajstić information content (AvgIpc) is 3.27. The number of aliphatic carboxylic acids is 1. The predicted molar refractivity (Wildman–Crippen MR) is 90.3 cm³/mol. The smallest absolute Gasteiger partial charge is 0.332 e. The van der Waals surface area contributed by atoms with Crippen LogP contribution in [-0.2, 0) is 14.3 Å². The van der Waals surface area contributed by atoms with E-state index in [4.69, 9.17) is 9.84 Å². The molecule has 1 aromatic rings. The molecule has 2 amide bonds. The van der Waals surface area contributed by atoms with Gasteiger partial charge in [-0.1, -0.05) is 12.8 Å². The lowest BCUT2D eigenvalue weighted by Gasteiger charge is -2.13. The standard InChI is InChI=1S/C18H22N2O5/c21-16(19-12-3-1-2-4-12)11-5-7-13(8-6-11)20-17(22)14-9-10-15(25-14)18(23)24/h5-8,12,14-15H,1-4,9-10H2,(H,19,21)(H,20,22)(H,23,24)/t14-,15+/m0/s1. The van der Waals surface area contributed by atoms with Gasteiger partial charge in [0, 0.05) is 17.3 Å². The molecule has 1 aliphatic heterocycles. The average molecular weight is 346 g/mol. The van der Waals surface area contributed by atoms with E-state index in [2.05, 4.69) is 10.6 Å². The van der Waals surface area contributed by atoms with Crippen LogP contribution in [0.1, 0.15) is 48.9 Å². The predicted octanol–water partition coefficient (Wildman–Crippen LogP) is 1.93. The molecule has 1 heterocycles. The van der Waals surface area contributed by atoms with Gasteiger partial charge in [0.1, 0.15) is 6.10 Å². The van der Waals surface area contributed by atoms with E-state index in [0.717, 1.165) is 25.7 Å². The van der Waals surface area contributed by atoms with Crippen molar-refractivity contribution in [1.82, 2.24) is 5.32 Å². The van der Waals surface area contributed by atoms with Gasteiger partial charge >= 0.3 is 5.97 Å². The molecule has 7 nitrogen and oxygen atoms in total. The molecule has 0 radical (unpaired) electrons. The highest BCUT2D eigenvalue weighted by molar-refractivity contribution is 5.97. The quantitative estimate of drug-likeness (QED) is 0.756. The molecule has 2 atom stereocenters. The largest absolute Gasteiger partial charge is 0.479 e. The van der Waals surface area contributed by atoms with Gasteiger partial charge in [-0.2, -0.15) is 0 Å². The minimum absolute atomic E-state index is 0.104. The van der Waals surface area contributed by atoms with Crippen LogP contribution in [0, 0.1) is 0 Å². The number of benzene rings is 1. The number of carbonyl (C=O) groups is 3. The molecule has 134 valence electrons. The lowest BCUT2D eigenvalue weighted by molar-refractivity contribution is -0.150. The molecule has 0 bridgehead atoms. The van der Waals surface area contributed by atoms with Gasteiger partial charge in [0.25, 0.3) is 11.8 Å². The summed E-state index contributed by atoms with van der Waals surface area (Å²) in [5, 5.41) is 14.6. The third kappa shape index (κ3) is 4.36. The summed E-state index contributed by atoms with van der Waals surface area (Å²) >= 11 is 0. The second-order valence-electron chi connectivity index (χ2n) is 6.55. The normalized spacial score (nSPS) is 23.4. The van der Waals surface area contributed by atoms with Crippen LogP contribution in [0.2, 0.25) is 0 Å². The maximum Gasteiger partial charge on any atom is 0.332 e. The number of carboxylic acids is 1. The Morgan fingerprint density at radius 2 is 1.60 bits per heavy atom. The fourth-order valence-corrected chi connectivity index (χ4v) is 3.28. The van der Waals surface area contributed by atoms with Crippen molar-refractivity contribution in [3.05, 3.63) is 29.8 Å². The van der Waals surface area contributed by atoms with Crippen molar-refractivity contribution in [3.63, 3.8) is 0 Å². The van der Waals surface area contributed by atoms with Crippen LogP contribution >= 0.6 is 0 Å². The summed E-state index contributed by atoms with van der Waals surface area (Å²) in [6.07, 6.45) is 3.39. The Bertz CT molecular complexity index is 652. The van der Waals surface area contributed by atoms with E-state index in [-0.39, 0.29) is 17.9 Å². The molecule has 1 saturated carbocycles. The van der Waals surface area contributed by atoms with E-state index in [9.17, 15) is 14.4 Å². The minimum atomic E-state index is -1.05. The first kappa shape index (κ1) is 17.4. The first-order valence-electron chi connectivity index (χ1n) is 8.63. The topological polar surface area (TPSA) is 105 Å². The van der Waals surface area contributed by atoms with Gasteiger partial charge in [-0.05, 0) is 49.9 Å². The van der Waals surface area contributed by atoms with Gasteiger partial charge in [-0.25, -0.2) is 4.79 Å². The Hall–Kier alpha value is -2.41. The number of hydrogen-bond acceptors (Lipinski definition) is 4. The summed E-state index contributed by atoms with van der Waals surface area (Å²) in [6, 6.07) is 6.90. The molecule has 0 unspecified atom stereocenters. The van der Waals surface area contributed by atoms with Crippen molar-refractivity contribution >= 4 is 23.5 Å². The monoisotopic (exact) mass is 346 g/mol. The first-order chi connectivity index (χ1) is 12.0. The summed E-state index contributed by atoms with van der Waals surface area (Å²) in [5.74, 6) is -1.52. The van der Waals surface area contributed by atoms with Crippen molar-refractivity contribution < 1.29 is 24.2 Å². The molecule has 7 heteroatoms. The number of rotatable bonds is 5. The molecule has 2 fully saturated rings. The van der Waals surface area contributed by atoms with Crippen LogP contribution in [0.15, 0.2) is 24.3 Å². The number of ether oxygens (including phenoxy) is 1. The van der Waals surface area contributed by atoms with Crippen LogP contribution in [-0.4, -0.2) is 41.1 Å². The van der Waals surface area contributed by atoms with Crippen molar-refractivity contribution in [1.29, 1.82) is 0 Å². The van der Waals surface area contributed by atoms with E-state index in [0.29, 0.717) is 24.1 Å². The number of hydrogen-bond donors (Lipinski definition) is 3. The van der Waals surface area contributed by atoms with Crippen molar-refractivity contribution in [2.24, 2.45) is 0 Å². The Morgan fingerprint density at radius 1 is 0.960 bits per heavy atom. The number of amides is 2. The number of carbonyl (C=O) groups excluding carboxylic acids is 2. The van der Waals surface area contributed by atoms with Crippen LogP contribution < -0.4 is 10.6 Å². The van der Waals surface area contributed by atoms with Crippen molar-refractivity contribution in [2.75, 3.05) is 5.32 Å². The van der Waals surface area contributed by atoms with Crippen LogP contribution in [0.5, 0.6) is 0 Å². The zero-order valence-electron chi connectivity index (χ0n) is 13.9. The van der Waals surface area contributed by atoms with Gasteiger partial charge in [-0.15, -0.1) is 0 Å². The van der Waals surface area contributed by atoms with Gasteiger partial charge < -0.3 is 20.5 Å². The Balaban J connectivity index is 1.52. The number of carboxylic acid groups (broad SMARTS) is 1. The maximum atomic E-state index is 12.2. The molecule has 1 aromatic carbocycles. The molecule has 3 rings (SSSR count). The van der Waals surface area contributed by atoms with E-state index in [1.807, 2.05) is 0 Å². The lowest BCUT2D eigenvalue weighted by Crippen LogP contribution is -2.32. The van der Waals surface area contributed by atoms with Crippen LogP contribution in [0.3, 0.4) is 0 Å². The first-order valence-corrected chi connectivity index (χ1v) is 8.63. The lowest BCUT2D eigenvalue weighted by atomic mass is 10.1. The third-order valence-corrected chi connectivity index (χ3v) is 4.69. The summed E-state index contributed by atoms with van der Waals surface area (Å²) in [5.41, 5.74) is 1.10. The zero-order chi connectivity index (χ0) is 17.8. The number of anilines is 1. The Morgan fingerprint density at radius 3 is 2.20 bits per heavy atom. The highest BCUT2D eigenvalue weighted by atomic mass is 16.5. The highest BCUT2D eigenvalue weighted by Gasteiger charge is 2.34. The van der Waals surface area contributed by atoms with E-state index >= 15 is 0 Å². The fraction of sp³-hybridized carbons (Fsp3) is 0.500. The highest BCUT2D eigenvalue weighted by Crippen LogP contribution is 2.22. The van der Waals surface area contributed by atoms with Gasteiger partial charge in [0.05, 0.1) is 0 Å². The van der Waals surface area contributed by atoms with Crippen LogP contribution in [0.4, 0.5) is 5.69 Å². The fourth-order valence-electron chi connectivity index (χ4n) is 3.28. The van der Waals surface area contributed by atoms with E-state index in [1.54, 1.807) is 24.3 Å². The van der Waals surface area contributed by atoms with Crippen LogP contribution in [0.25, 0.3) is 0 Å². The molecular weight excluding hydrogens is 324 g/mol. The molecule has 0 aromatic heterocycles. The molecule has 3 N–H and O–H groups in total. The summed E-state index contributed by atoms with van der Waals surface area (Å²) < 4.78 is 5.22. The van der Waals surface area contributed by atoms with Crippen molar-refractivity contribution in [3.8, 4) is 0 Å². The second-order valence-corrected chi connectivity index (χ2v) is 6.55. The maximum absolute atomic E-state index is 12.2. The second kappa shape index (κ2) is 7.65. The van der Waals surface area contributed by atoms with Crippen molar-refractivity contribution in [2.45, 2.75) is 56.8 Å². The molecule has 2 aliphatic rings. The SMILES string of the molecule is O=C(NC1CCCC1)c1ccc(NC(=O)[C@@H]2CC[C@H](C(=O)O)O2)cc1. The number of nitrogens with one attached hydrogen (secondary N) is 2. The van der Waals surface area contributed by atoms with E-state index in [1.165, 1.54) is 0 Å². The summed E-state index contributed by atoms with van der Waals surface area (Å²) in [4.78, 5) is 35.2. The molecule has 25 heavy (non-hydrogen) atoms. The third-order valence-electron chi connectivity index (χ3n) is 4.69. The Kier molecular flexibility index (Phi) is 5.33.